The zero-order valence-electron chi connectivity index (χ0n) is 17.5. The topological polar surface area (TPSA) is 21.2 Å². The molecule has 0 aliphatic heterocycles. The Labute approximate surface area is 172 Å². The van der Waals surface area contributed by atoms with Crippen LogP contribution >= 0.6 is 0 Å². The summed E-state index contributed by atoms with van der Waals surface area (Å²) in [7, 11) is 2.17. The van der Waals surface area contributed by atoms with E-state index in [4.69, 9.17) is 0 Å². The van der Waals surface area contributed by atoms with E-state index < -0.39 is 13.3 Å². The van der Waals surface area contributed by atoms with Crippen LogP contribution in [0.3, 0.4) is 0 Å². The van der Waals surface area contributed by atoms with Crippen LogP contribution in [0.1, 0.15) is 5.56 Å². The fraction of sp³-hybridized carbons (Fsp3) is 0.200. The van der Waals surface area contributed by atoms with Gasteiger partial charge in [-0.25, -0.2) is 0 Å². The molecule has 0 saturated carbocycles. The number of nitrogens with zero attached hydrogens (tertiary/aromatic N) is 3. The van der Waals surface area contributed by atoms with Crippen LogP contribution in [0.25, 0.3) is 49.0 Å². The molecule has 4 heterocycles. The summed E-state index contributed by atoms with van der Waals surface area (Å²) in [6, 6.07) is 13.9. The molecule has 0 aliphatic rings. The maximum absolute atomic E-state index is 4.45. The van der Waals surface area contributed by atoms with E-state index in [1.807, 2.05) is 12.4 Å². The van der Waals surface area contributed by atoms with Gasteiger partial charge in [-0.15, -0.1) is 0 Å². The van der Waals surface area contributed by atoms with Crippen LogP contribution in [0, 0.1) is 6.92 Å². The van der Waals surface area contributed by atoms with Crippen molar-refractivity contribution in [2.75, 3.05) is 0 Å². The SMILES string of the molecule is Cc1ccc2c3cnccc3n3c4c[c]([Ge]([CH3])([CH3])[CH3])cc5cc[n+](C)c(c1c23)c54. The van der Waals surface area contributed by atoms with Crippen LogP contribution in [-0.2, 0) is 7.05 Å². The third kappa shape index (κ3) is 2.14. The predicted molar refractivity (Wildman–Crippen MR) is 125 cm³/mol. The van der Waals surface area contributed by atoms with Gasteiger partial charge in [0.15, 0.2) is 0 Å². The molecule has 142 valence electrons. The van der Waals surface area contributed by atoms with E-state index in [9.17, 15) is 0 Å². The molecule has 0 radical (unpaired) electrons. The van der Waals surface area contributed by atoms with Crippen LogP contribution in [0.15, 0.2) is 55.0 Å². The van der Waals surface area contributed by atoms with Gasteiger partial charge in [-0.3, -0.25) is 0 Å². The quantitative estimate of drug-likeness (QED) is 0.152. The first-order valence-electron chi connectivity index (χ1n) is 10.2. The Kier molecular flexibility index (Phi) is 3.26. The Morgan fingerprint density at radius 2 is 1.76 bits per heavy atom. The molecule has 29 heavy (non-hydrogen) atoms. The summed E-state index contributed by atoms with van der Waals surface area (Å²) in [5, 5.41) is 6.59. The van der Waals surface area contributed by atoms with Crippen LogP contribution < -0.4 is 8.96 Å². The standard InChI is InChI=1S/C25H24GeN3/c1-15-6-7-18-19-14-27-10-8-20(19)29-21-13-17(26(2,3)4)12-16-9-11-28(5)25(23(16)21)22(15)24(18)29/h6-14H,1-5H3/q+1. The number of rotatable bonds is 1. The Morgan fingerprint density at radius 3 is 2.55 bits per heavy atom. The fourth-order valence-electron chi connectivity index (χ4n) is 4.99. The third-order valence-corrected chi connectivity index (χ3v) is 10.7. The van der Waals surface area contributed by atoms with Gasteiger partial charge in [0.1, 0.15) is 0 Å². The third-order valence-electron chi connectivity index (χ3n) is 6.50. The molecule has 2 aromatic carbocycles. The molecule has 0 spiro atoms. The molecule has 6 aromatic rings. The summed E-state index contributed by atoms with van der Waals surface area (Å²) in [4.78, 5) is 4.45. The molecule has 0 amide bonds. The van der Waals surface area contributed by atoms with Crippen molar-refractivity contribution in [1.82, 2.24) is 9.38 Å². The maximum atomic E-state index is 4.45. The summed E-state index contributed by atoms with van der Waals surface area (Å²) in [5.41, 5.74) is 6.55. The molecule has 0 N–H and O–H groups in total. The first-order chi connectivity index (χ1) is 13.9. The second kappa shape index (κ2) is 5.48. The number of hydrogen-bond acceptors (Lipinski definition) is 1. The summed E-state index contributed by atoms with van der Waals surface area (Å²) >= 11 is -2.01. The van der Waals surface area contributed by atoms with E-state index in [0.717, 1.165) is 0 Å². The minimum absolute atomic E-state index is 1.23. The van der Waals surface area contributed by atoms with Crippen molar-refractivity contribution in [2.24, 2.45) is 7.05 Å². The average molecular weight is 439 g/mol. The van der Waals surface area contributed by atoms with Crippen LogP contribution in [0.4, 0.5) is 0 Å². The molecule has 0 aliphatic carbocycles. The molecular weight excluding hydrogens is 415 g/mol. The first kappa shape index (κ1) is 17.2. The van der Waals surface area contributed by atoms with Crippen molar-refractivity contribution in [3.8, 4) is 0 Å². The molecule has 6 rings (SSSR count). The monoisotopic (exact) mass is 440 g/mol. The molecule has 0 bridgehead atoms. The number of benzene rings is 2. The number of aromatic nitrogens is 3. The van der Waals surface area contributed by atoms with Crippen molar-refractivity contribution in [3.63, 3.8) is 0 Å². The van der Waals surface area contributed by atoms with Crippen molar-refractivity contribution in [3.05, 3.63) is 60.6 Å². The van der Waals surface area contributed by atoms with Gasteiger partial charge in [-0.1, -0.05) is 0 Å². The molecule has 3 nitrogen and oxygen atoms in total. The van der Waals surface area contributed by atoms with E-state index >= 15 is 0 Å². The van der Waals surface area contributed by atoms with E-state index in [0.29, 0.717) is 0 Å². The molecule has 4 aromatic heterocycles. The molecule has 0 atom stereocenters. The van der Waals surface area contributed by atoms with Gasteiger partial charge >= 0.3 is 172 Å². The molecule has 0 saturated heterocycles. The van der Waals surface area contributed by atoms with Crippen molar-refractivity contribution < 1.29 is 4.57 Å². The summed E-state index contributed by atoms with van der Waals surface area (Å²) in [5.74, 6) is 7.43. The zero-order chi connectivity index (χ0) is 20.1. The first-order valence-corrected chi connectivity index (χ1v) is 17.6. The second-order valence-electron chi connectivity index (χ2n) is 9.37. The summed E-state index contributed by atoms with van der Waals surface area (Å²) in [6.45, 7) is 2.23. The van der Waals surface area contributed by atoms with Gasteiger partial charge in [0.05, 0.1) is 0 Å². The Morgan fingerprint density at radius 1 is 0.931 bits per heavy atom. The van der Waals surface area contributed by atoms with Crippen LogP contribution in [0.5, 0.6) is 0 Å². The number of fused-ring (bicyclic) bond motifs is 5. The van der Waals surface area contributed by atoms with E-state index in [1.165, 1.54) is 54.6 Å². The number of aryl methyl sites for hydroxylation is 2. The Bertz CT molecular complexity index is 1600. The fourth-order valence-corrected chi connectivity index (χ4v) is 7.42. The zero-order valence-corrected chi connectivity index (χ0v) is 19.6. The van der Waals surface area contributed by atoms with Gasteiger partial charge < -0.3 is 0 Å². The van der Waals surface area contributed by atoms with Crippen LogP contribution in [-0.4, -0.2) is 22.7 Å². The van der Waals surface area contributed by atoms with Crippen LogP contribution in [0.2, 0.25) is 17.3 Å². The van der Waals surface area contributed by atoms with E-state index in [-0.39, 0.29) is 0 Å². The van der Waals surface area contributed by atoms with Crippen molar-refractivity contribution >= 4 is 66.7 Å². The van der Waals surface area contributed by atoms with Gasteiger partial charge in [-0.05, 0) is 0 Å². The predicted octanol–water partition coefficient (Wildman–Crippen LogP) is 5.06. The molecular formula is C25H24GeN3+. The van der Waals surface area contributed by atoms with Gasteiger partial charge in [0, 0.05) is 0 Å². The average Bonchev–Trinajstić information content (AvgIpc) is 3.02. The number of pyridine rings is 3. The number of hydrogen-bond donors (Lipinski definition) is 0. The minimum atomic E-state index is -2.01. The molecule has 0 fully saturated rings. The summed E-state index contributed by atoms with van der Waals surface area (Å²) in [6.07, 6.45) is 6.16. The van der Waals surface area contributed by atoms with Gasteiger partial charge in [0.25, 0.3) is 0 Å². The molecule has 4 heteroatoms. The van der Waals surface area contributed by atoms with Gasteiger partial charge in [0.2, 0.25) is 0 Å². The van der Waals surface area contributed by atoms with E-state index in [1.54, 1.807) is 4.40 Å². The summed E-state index contributed by atoms with van der Waals surface area (Å²) < 4.78 is 6.35. The Balaban J connectivity index is 2.08. The van der Waals surface area contributed by atoms with Crippen molar-refractivity contribution in [2.45, 2.75) is 24.2 Å². The molecule has 0 unspecified atom stereocenters. The Hall–Kier alpha value is -2.66. The van der Waals surface area contributed by atoms with E-state index in [2.05, 4.69) is 87.8 Å². The normalized spacial score (nSPS) is 13.0. The second-order valence-corrected chi connectivity index (χ2v) is 20.0. The van der Waals surface area contributed by atoms with Crippen molar-refractivity contribution in [1.29, 1.82) is 0 Å². The van der Waals surface area contributed by atoms with Gasteiger partial charge in [-0.2, -0.15) is 0 Å².